The second-order valence-electron chi connectivity index (χ2n) is 5.22. The summed E-state index contributed by atoms with van der Waals surface area (Å²) >= 11 is 0. The SMILES string of the molecule is CCC(C)c1ccc(C(=O)c2ccc(N)c(OC)c2)cc1. The van der Waals surface area contributed by atoms with Crippen LogP contribution >= 0.6 is 0 Å². The van der Waals surface area contributed by atoms with Crippen LogP contribution in [0.4, 0.5) is 5.69 Å². The molecular weight excluding hydrogens is 262 g/mol. The number of hydrogen-bond donors (Lipinski definition) is 1. The van der Waals surface area contributed by atoms with Crippen molar-refractivity contribution in [2.75, 3.05) is 12.8 Å². The van der Waals surface area contributed by atoms with E-state index in [4.69, 9.17) is 10.5 Å². The standard InChI is InChI=1S/C18H21NO2/c1-4-12(2)13-5-7-14(8-6-13)18(20)15-9-10-16(19)17(11-15)21-3/h5-12H,4,19H2,1-3H3. The fraction of sp³-hybridized carbons (Fsp3) is 0.278. The molecule has 3 heteroatoms. The molecule has 2 aromatic carbocycles. The quantitative estimate of drug-likeness (QED) is 0.666. The van der Waals surface area contributed by atoms with Crippen LogP contribution in [-0.4, -0.2) is 12.9 Å². The summed E-state index contributed by atoms with van der Waals surface area (Å²) < 4.78 is 5.16. The zero-order valence-corrected chi connectivity index (χ0v) is 12.7. The number of carbonyl (C=O) groups is 1. The molecule has 2 aromatic rings. The average Bonchev–Trinajstić information content (AvgIpc) is 2.54. The van der Waals surface area contributed by atoms with E-state index in [1.54, 1.807) is 25.3 Å². The van der Waals surface area contributed by atoms with Gasteiger partial charge in [0.05, 0.1) is 12.8 Å². The van der Waals surface area contributed by atoms with Gasteiger partial charge in [-0.2, -0.15) is 0 Å². The zero-order chi connectivity index (χ0) is 15.4. The maximum absolute atomic E-state index is 12.5. The molecule has 2 N–H and O–H groups in total. The summed E-state index contributed by atoms with van der Waals surface area (Å²) in [6.45, 7) is 4.34. The molecule has 3 nitrogen and oxygen atoms in total. The van der Waals surface area contributed by atoms with E-state index in [-0.39, 0.29) is 5.78 Å². The summed E-state index contributed by atoms with van der Waals surface area (Å²) in [6.07, 6.45) is 1.09. The minimum absolute atomic E-state index is 0.0241. The van der Waals surface area contributed by atoms with Crippen LogP contribution in [0.15, 0.2) is 42.5 Å². The van der Waals surface area contributed by atoms with Gasteiger partial charge in [-0.3, -0.25) is 4.79 Å². The highest BCUT2D eigenvalue weighted by atomic mass is 16.5. The van der Waals surface area contributed by atoms with E-state index in [1.165, 1.54) is 5.56 Å². The fourth-order valence-corrected chi connectivity index (χ4v) is 2.22. The highest BCUT2D eigenvalue weighted by Crippen LogP contribution is 2.24. The Balaban J connectivity index is 2.27. The van der Waals surface area contributed by atoms with Crippen molar-refractivity contribution in [1.29, 1.82) is 0 Å². The first kappa shape index (κ1) is 15.1. The van der Waals surface area contributed by atoms with Crippen molar-refractivity contribution in [3.63, 3.8) is 0 Å². The van der Waals surface area contributed by atoms with Gasteiger partial charge in [-0.1, -0.05) is 38.1 Å². The third kappa shape index (κ3) is 3.24. The summed E-state index contributed by atoms with van der Waals surface area (Å²) in [5, 5.41) is 0. The Hall–Kier alpha value is -2.29. The van der Waals surface area contributed by atoms with Crippen molar-refractivity contribution < 1.29 is 9.53 Å². The predicted molar refractivity (Wildman–Crippen MR) is 86.0 cm³/mol. The Morgan fingerprint density at radius 2 is 1.76 bits per heavy atom. The summed E-state index contributed by atoms with van der Waals surface area (Å²) in [4.78, 5) is 12.5. The molecule has 0 aliphatic carbocycles. The Bertz CT molecular complexity index is 632. The second kappa shape index (κ2) is 6.44. The first-order valence-electron chi connectivity index (χ1n) is 7.15. The van der Waals surface area contributed by atoms with Crippen molar-refractivity contribution in [2.24, 2.45) is 0 Å². The van der Waals surface area contributed by atoms with E-state index in [0.29, 0.717) is 28.5 Å². The van der Waals surface area contributed by atoms with Crippen LogP contribution in [0, 0.1) is 0 Å². The first-order valence-corrected chi connectivity index (χ1v) is 7.15. The Labute approximate surface area is 125 Å². The molecular formula is C18H21NO2. The van der Waals surface area contributed by atoms with Crippen molar-refractivity contribution >= 4 is 11.5 Å². The average molecular weight is 283 g/mol. The van der Waals surface area contributed by atoms with Crippen LogP contribution in [0.25, 0.3) is 0 Å². The van der Waals surface area contributed by atoms with Crippen molar-refractivity contribution in [2.45, 2.75) is 26.2 Å². The van der Waals surface area contributed by atoms with Crippen LogP contribution in [0.5, 0.6) is 5.75 Å². The van der Waals surface area contributed by atoms with Gasteiger partial charge in [-0.05, 0) is 36.1 Å². The zero-order valence-electron chi connectivity index (χ0n) is 12.7. The van der Waals surface area contributed by atoms with E-state index >= 15 is 0 Å². The molecule has 0 saturated carbocycles. The maximum atomic E-state index is 12.5. The number of hydrogen-bond acceptors (Lipinski definition) is 3. The lowest BCUT2D eigenvalue weighted by atomic mass is 9.95. The minimum Gasteiger partial charge on any atom is -0.495 e. The molecule has 110 valence electrons. The topological polar surface area (TPSA) is 52.3 Å². The van der Waals surface area contributed by atoms with Gasteiger partial charge in [0.2, 0.25) is 0 Å². The van der Waals surface area contributed by atoms with Gasteiger partial charge >= 0.3 is 0 Å². The monoisotopic (exact) mass is 283 g/mol. The largest absolute Gasteiger partial charge is 0.495 e. The summed E-state index contributed by atoms with van der Waals surface area (Å²) in [5.74, 6) is 1.01. The van der Waals surface area contributed by atoms with E-state index in [1.807, 2.05) is 24.3 Å². The van der Waals surface area contributed by atoms with Crippen LogP contribution < -0.4 is 10.5 Å². The van der Waals surface area contributed by atoms with Gasteiger partial charge < -0.3 is 10.5 Å². The molecule has 1 atom stereocenters. The van der Waals surface area contributed by atoms with Gasteiger partial charge in [0.1, 0.15) is 5.75 Å². The number of methoxy groups -OCH3 is 1. The van der Waals surface area contributed by atoms with Gasteiger partial charge in [-0.15, -0.1) is 0 Å². The number of anilines is 1. The second-order valence-corrected chi connectivity index (χ2v) is 5.22. The number of ether oxygens (including phenoxy) is 1. The molecule has 0 radical (unpaired) electrons. The number of nitrogen functional groups attached to an aromatic ring is 1. The van der Waals surface area contributed by atoms with E-state index < -0.39 is 0 Å². The van der Waals surface area contributed by atoms with E-state index in [9.17, 15) is 4.79 Å². The van der Waals surface area contributed by atoms with Crippen LogP contribution in [0.2, 0.25) is 0 Å². The van der Waals surface area contributed by atoms with Gasteiger partial charge in [0.25, 0.3) is 0 Å². The minimum atomic E-state index is -0.0241. The predicted octanol–water partition coefficient (Wildman–Crippen LogP) is 4.02. The van der Waals surface area contributed by atoms with Gasteiger partial charge in [0.15, 0.2) is 5.78 Å². The summed E-state index contributed by atoms with van der Waals surface area (Å²) in [7, 11) is 1.54. The van der Waals surface area contributed by atoms with Crippen LogP contribution in [-0.2, 0) is 0 Å². The normalized spacial score (nSPS) is 12.0. The molecule has 0 spiro atoms. The molecule has 0 bridgehead atoms. The number of benzene rings is 2. The van der Waals surface area contributed by atoms with Crippen LogP contribution in [0.1, 0.15) is 47.7 Å². The lowest BCUT2D eigenvalue weighted by Crippen LogP contribution is -2.03. The van der Waals surface area contributed by atoms with Crippen LogP contribution in [0.3, 0.4) is 0 Å². The molecule has 21 heavy (non-hydrogen) atoms. The number of rotatable bonds is 5. The molecule has 1 unspecified atom stereocenters. The Kier molecular flexibility index (Phi) is 4.63. The fourth-order valence-electron chi connectivity index (χ4n) is 2.22. The van der Waals surface area contributed by atoms with Gasteiger partial charge in [0, 0.05) is 11.1 Å². The molecule has 2 rings (SSSR count). The molecule has 0 aromatic heterocycles. The lowest BCUT2D eigenvalue weighted by molar-refractivity contribution is 0.103. The molecule has 0 fully saturated rings. The third-order valence-electron chi connectivity index (χ3n) is 3.85. The molecule has 0 saturated heterocycles. The smallest absolute Gasteiger partial charge is 0.193 e. The van der Waals surface area contributed by atoms with Crippen molar-refractivity contribution in [1.82, 2.24) is 0 Å². The molecule has 0 aliphatic heterocycles. The first-order chi connectivity index (χ1) is 10.1. The summed E-state index contributed by atoms with van der Waals surface area (Å²) in [5.41, 5.74) is 8.81. The Morgan fingerprint density at radius 3 is 2.33 bits per heavy atom. The highest BCUT2D eigenvalue weighted by Gasteiger charge is 2.12. The lowest BCUT2D eigenvalue weighted by Gasteiger charge is -2.10. The number of ketones is 1. The van der Waals surface area contributed by atoms with E-state index in [2.05, 4.69) is 13.8 Å². The highest BCUT2D eigenvalue weighted by molar-refractivity contribution is 6.09. The van der Waals surface area contributed by atoms with Crippen molar-refractivity contribution in [3.8, 4) is 5.75 Å². The number of nitrogens with two attached hydrogens (primary N) is 1. The molecule has 0 amide bonds. The Morgan fingerprint density at radius 1 is 1.14 bits per heavy atom. The molecule has 0 aliphatic rings. The maximum Gasteiger partial charge on any atom is 0.193 e. The van der Waals surface area contributed by atoms with E-state index in [0.717, 1.165) is 6.42 Å². The van der Waals surface area contributed by atoms with Gasteiger partial charge in [-0.25, -0.2) is 0 Å². The molecule has 0 heterocycles. The van der Waals surface area contributed by atoms with Crippen molar-refractivity contribution in [3.05, 3.63) is 59.2 Å². The third-order valence-corrected chi connectivity index (χ3v) is 3.85. The number of carbonyl (C=O) groups excluding carboxylic acids is 1. The summed E-state index contributed by atoms with van der Waals surface area (Å²) in [6, 6.07) is 12.9.